The Hall–Kier alpha value is -0.440. The predicted molar refractivity (Wildman–Crippen MR) is 114 cm³/mol. The minimum Gasteiger partial charge on any atom is -0.481 e. The van der Waals surface area contributed by atoms with Gasteiger partial charge in [0.1, 0.15) is 0 Å². The number of carbonyl (C=O) groups excluding carboxylic acids is 1. The van der Waals surface area contributed by atoms with Gasteiger partial charge in [-0.2, -0.15) is 0 Å². The van der Waals surface area contributed by atoms with Crippen molar-refractivity contribution < 1.29 is 18.9 Å². The van der Waals surface area contributed by atoms with E-state index in [1.807, 2.05) is 36.4 Å². The van der Waals surface area contributed by atoms with Crippen LogP contribution >= 0.6 is 64.8 Å². The number of hydrogen-bond donors (Lipinski definition) is 1. The Morgan fingerprint density at radius 3 is 1.42 bits per heavy atom. The highest BCUT2D eigenvalue weighted by molar-refractivity contribution is 9.10. The molecule has 0 amide bonds. The van der Waals surface area contributed by atoms with Crippen LogP contribution in [0.1, 0.15) is 11.1 Å². The number of halogens is 5. The summed E-state index contributed by atoms with van der Waals surface area (Å²) in [6.45, 7) is 0. The molecule has 2 rings (SSSR count). The van der Waals surface area contributed by atoms with Crippen molar-refractivity contribution >= 4 is 85.3 Å². The van der Waals surface area contributed by atoms with Crippen LogP contribution in [0.3, 0.4) is 0 Å². The van der Waals surface area contributed by atoms with E-state index in [0.717, 1.165) is 20.1 Å². The zero-order chi connectivity index (χ0) is 20.1. The second kappa shape index (κ2) is 14.6. The fourth-order valence-corrected chi connectivity index (χ4v) is 2.22. The number of aliphatic carboxylic acids is 1. The second-order valence-electron chi connectivity index (χ2n) is 4.54. The molecule has 0 atom stereocenters. The van der Waals surface area contributed by atoms with Crippen LogP contribution in [0.4, 0.5) is 0 Å². The topological polar surface area (TPSA) is 71.4 Å². The van der Waals surface area contributed by atoms with Crippen molar-refractivity contribution in [2.45, 2.75) is 12.8 Å². The van der Waals surface area contributed by atoms with Gasteiger partial charge in [0, 0.05) is 36.7 Å². The average molecular weight is 568 g/mol. The van der Waals surface area contributed by atoms with E-state index in [4.69, 9.17) is 20.9 Å². The van der Waals surface area contributed by atoms with Crippen molar-refractivity contribution in [2.24, 2.45) is 0 Å². The quantitative estimate of drug-likeness (QED) is 0.469. The van der Waals surface area contributed by atoms with Gasteiger partial charge in [-0.25, -0.2) is 4.21 Å². The first-order valence-electron chi connectivity index (χ1n) is 6.73. The molecule has 0 heterocycles. The van der Waals surface area contributed by atoms with Gasteiger partial charge in [0.25, 0.3) is 0 Å². The molecule has 2 aromatic carbocycles. The SMILES string of the molecule is O=C(Cl)Cc1ccc(Br)cc1.O=C(O)Cc1ccc(Br)cc1.O=S(Cl)Cl. The Labute approximate surface area is 184 Å². The first-order chi connectivity index (χ1) is 12.1. The van der Waals surface area contributed by atoms with Gasteiger partial charge in [-0.3, -0.25) is 9.59 Å². The van der Waals surface area contributed by atoms with Crippen molar-refractivity contribution in [1.29, 1.82) is 0 Å². The first kappa shape index (κ1) is 25.6. The Morgan fingerprint density at radius 1 is 0.846 bits per heavy atom. The number of rotatable bonds is 4. The molecule has 0 radical (unpaired) electrons. The lowest BCUT2D eigenvalue weighted by Crippen LogP contribution is -1.99. The number of carbonyl (C=O) groups is 2. The minimum absolute atomic E-state index is 0.0906. The third kappa shape index (κ3) is 15.8. The number of carboxylic acid groups (broad SMARTS) is 1. The van der Waals surface area contributed by atoms with E-state index in [1.165, 1.54) is 0 Å². The monoisotopic (exact) mass is 564 g/mol. The van der Waals surface area contributed by atoms with Gasteiger partial charge in [-0.15, -0.1) is 0 Å². The molecular weight excluding hydrogens is 554 g/mol. The molecule has 0 saturated heterocycles. The summed E-state index contributed by atoms with van der Waals surface area (Å²) in [4.78, 5) is 20.7. The maximum absolute atomic E-state index is 10.5. The molecule has 0 aliphatic carbocycles. The lowest BCUT2D eigenvalue weighted by molar-refractivity contribution is -0.136. The van der Waals surface area contributed by atoms with Crippen molar-refractivity contribution in [3.63, 3.8) is 0 Å². The van der Waals surface area contributed by atoms with Crippen LogP contribution in [-0.4, -0.2) is 20.5 Å². The molecule has 1 N–H and O–H groups in total. The first-order valence-corrected chi connectivity index (χ1v) is 11.5. The predicted octanol–water partition coefficient (Wildman–Crippen LogP) is 5.88. The molecule has 0 saturated carbocycles. The molecule has 2 aromatic rings. The largest absolute Gasteiger partial charge is 0.481 e. The van der Waals surface area contributed by atoms with Crippen LogP contribution in [-0.2, 0) is 31.7 Å². The van der Waals surface area contributed by atoms with Gasteiger partial charge in [0.2, 0.25) is 14.5 Å². The van der Waals surface area contributed by atoms with Gasteiger partial charge in [0.05, 0.1) is 6.42 Å². The average Bonchev–Trinajstić information content (AvgIpc) is 2.51. The van der Waals surface area contributed by atoms with Crippen molar-refractivity contribution in [3.05, 3.63) is 68.6 Å². The van der Waals surface area contributed by atoms with E-state index in [-0.39, 0.29) is 11.7 Å². The highest BCUT2D eigenvalue weighted by Gasteiger charge is 1.98. The van der Waals surface area contributed by atoms with Gasteiger partial charge in [-0.05, 0) is 47.0 Å². The third-order valence-corrected chi connectivity index (χ3v) is 3.72. The van der Waals surface area contributed by atoms with E-state index in [0.29, 0.717) is 6.42 Å². The fourth-order valence-electron chi connectivity index (χ4n) is 1.54. The summed E-state index contributed by atoms with van der Waals surface area (Å²) in [5.41, 5.74) is 1.76. The van der Waals surface area contributed by atoms with Crippen molar-refractivity contribution in [3.8, 4) is 0 Å². The summed E-state index contributed by atoms with van der Waals surface area (Å²) in [6.07, 6.45) is 0.391. The summed E-state index contributed by atoms with van der Waals surface area (Å²) >= 11 is 11.8. The lowest BCUT2D eigenvalue weighted by atomic mass is 10.2. The van der Waals surface area contributed by atoms with Crippen LogP contribution in [0.2, 0.25) is 0 Å². The molecule has 26 heavy (non-hydrogen) atoms. The molecule has 142 valence electrons. The van der Waals surface area contributed by atoms with E-state index < -0.39 is 15.2 Å². The van der Waals surface area contributed by atoms with Gasteiger partial charge < -0.3 is 5.11 Å². The van der Waals surface area contributed by atoms with Crippen LogP contribution in [0.5, 0.6) is 0 Å². The molecular formula is C16H13Br2Cl3O4S. The number of carboxylic acids is 1. The maximum Gasteiger partial charge on any atom is 0.307 e. The van der Waals surface area contributed by atoms with Gasteiger partial charge in [0.15, 0.2) is 0 Å². The fraction of sp³-hybridized carbons (Fsp3) is 0.125. The lowest BCUT2D eigenvalue weighted by Gasteiger charge is -1.95. The van der Waals surface area contributed by atoms with Crippen LogP contribution < -0.4 is 0 Å². The highest BCUT2D eigenvalue weighted by Crippen LogP contribution is 2.11. The summed E-state index contributed by atoms with van der Waals surface area (Å²) in [5, 5.41) is 8.10. The number of hydrogen-bond acceptors (Lipinski definition) is 3. The van der Waals surface area contributed by atoms with E-state index in [2.05, 4.69) is 53.2 Å². The maximum atomic E-state index is 10.5. The molecule has 0 aliphatic heterocycles. The standard InChI is InChI=1S/C8H6BrClO.C8H7BrO2.Cl2OS/c2*9-7-3-1-6(2-4-7)5-8(10)11;1-4(2)3/h1-4H,5H2;1-4H,5H2,(H,10,11);. The van der Waals surface area contributed by atoms with E-state index >= 15 is 0 Å². The van der Waals surface area contributed by atoms with Crippen LogP contribution in [0.15, 0.2) is 57.5 Å². The number of benzene rings is 2. The normalized spacial score (nSPS) is 9.46. The second-order valence-corrected chi connectivity index (χ2v) is 9.32. The zero-order valence-corrected chi connectivity index (χ0v) is 19.3. The molecule has 0 unspecified atom stereocenters. The van der Waals surface area contributed by atoms with E-state index in [1.54, 1.807) is 12.1 Å². The van der Waals surface area contributed by atoms with E-state index in [9.17, 15) is 9.59 Å². The molecule has 0 bridgehead atoms. The zero-order valence-electron chi connectivity index (χ0n) is 13.0. The molecule has 10 heteroatoms. The molecule has 0 aliphatic rings. The highest BCUT2D eigenvalue weighted by atomic mass is 79.9. The third-order valence-electron chi connectivity index (χ3n) is 2.52. The van der Waals surface area contributed by atoms with Crippen LogP contribution in [0, 0.1) is 0 Å². The van der Waals surface area contributed by atoms with Crippen molar-refractivity contribution in [1.82, 2.24) is 0 Å². The Bertz CT molecular complexity index is 664. The van der Waals surface area contributed by atoms with Gasteiger partial charge >= 0.3 is 5.97 Å². The Morgan fingerprint density at radius 2 is 1.15 bits per heavy atom. The summed E-state index contributed by atoms with van der Waals surface area (Å²) in [6, 6.07) is 14.7. The smallest absolute Gasteiger partial charge is 0.307 e. The summed E-state index contributed by atoms with van der Waals surface area (Å²) in [7, 11) is 7.36. The molecule has 4 nitrogen and oxygen atoms in total. The Balaban J connectivity index is 0.000000401. The molecule has 0 fully saturated rings. The Kier molecular flexibility index (Phi) is 14.4. The van der Waals surface area contributed by atoms with Crippen LogP contribution in [0.25, 0.3) is 0 Å². The van der Waals surface area contributed by atoms with Gasteiger partial charge in [-0.1, -0.05) is 56.1 Å². The molecule has 0 spiro atoms. The summed E-state index contributed by atoms with van der Waals surface area (Å²) in [5.74, 6) is -0.799. The minimum atomic E-state index is -1.67. The van der Waals surface area contributed by atoms with Crippen molar-refractivity contribution in [2.75, 3.05) is 0 Å². The summed E-state index contributed by atoms with van der Waals surface area (Å²) < 4.78 is 11.1. The molecule has 0 aromatic heterocycles.